The van der Waals surface area contributed by atoms with E-state index in [4.69, 9.17) is 4.74 Å². The van der Waals surface area contributed by atoms with E-state index in [0.29, 0.717) is 22.9 Å². The van der Waals surface area contributed by atoms with Gasteiger partial charge in [0.05, 0.1) is 13.7 Å². The standard InChI is InChI=1S/C21H22F2N4O4/c1-4-26(14-7-10-16(22)17(23)11-14)12-18(28)25-27-19(29)21(2,24-20(27)30)13-5-8-15(31-3)9-6-13/h5-11H,4,12H2,1-3H3,(H,24,30)(H,25,28). The Morgan fingerprint density at radius 3 is 2.42 bits per heavy atom. The molecule has 0 bridgehead atoms. The van der Waals surface area contributed by atoms with E-state index >= 15 is 0 Å². The number of halogens is 2. The van der Waals surface area contributed by atoms with Crippen LogP contribution < -0.4 is 20.4 Å². The number of ether oxygens (including phenoxy) is 1. The number of nitrogens with one attached hydrogen (secondary N) is 2. The number of benzene rings is 2. The highest BCUT2D eigenvalue weighted by Crippen LogP contribution is 2.29. The Kier molecular flexibility index (Phi) is 6.09. The summed E-state index contributed by atoms with van der Waals surface area (Å²) in [6.07, 6.45) is 0. The maximum Gasteiger partial charge on any atom is 0.344 e. The van der Waals surface area contributed by atoms with Gasteiger partial charge in [-0.15, -0.1) is 0 Å². The number of anilines is 1. The first kappa shape index (κ1) is 22.0. The third kappa shape index (κ3) is 4.27. The van der Waals surface area contributed by atoms with Gasteiger partial charge in [0, 0.05) is 18.3 Å². The van der Waals surface area contributed by atoms with Crippen LogP contribution in [-0.2, 0) is 15.1 Å². The number of nitrogens with zero attached hydrogens (tertiary/aromatic N) is 2. The number of hydrogen-bond donors (Lipinski definition) is 2. The van der Waals surface area contributed by atoms with Gasteiger partial charge in [-0.1, -0.05) is 12.1 Å². The summed E-state index contributed by atoms with van der Waals surface area (Å²) >= 11 is 0. The zero-order valence-corrected chi connectivity index (χ0v) is 17.2. The highest BCUT2D eigenvalue weighted by Gasteiger charge is 2.50. The van der Waals surface area contributed by atoms with E-state index in [-0.39, 0.29) is 12.2 Å². The predicted octanol–water partition coefficient (Wildman–Crippen LogP) is 2.30. The van der Waals surface area contributed by atoms with Crippen molar-refractivity contribution in [2.75, 3.05) is 25.1 Å². The normalized spacial score (nSPS) is 18.0. The highest BCUT2D eigenvalue weighted by atomic mass is 19.2. The van der Waals surface area contributed by atoms with E-state index in [1.165, 1.54) is 25.0 Å². The minimum absolute atomic E-state index is 0.280. The SMILES string of the molecule is CCN(CC(=O)NN1C(=O)NC(C)(c2ccc(OC)cc2)C1=O)c1ccc(F)c(F)c1. The lowest BCUT2D eigenvalue weighted by atomic mass is 9.92. The van der Waals surface area contributed by atoms with E-state index < -0.39 is 35.0 Å². The van der Waals surface area contributed by atoms with Crippen LogP contribution in [-0.4, -0.2) is 43.1 Å². The Morgan fingerprint density at radius 2 is 1.84 bits per heavy atom. The predicted molar refractivity (Wildman–Crippen MR) is 108 cm³/mol. The minimum atomic E-state index is -1.37. The van der Waals surface area contributed by atoms with Crippen molar-refractivity contribution in [3.05, 3.63) is 59.7 Å². The van der Waals surface area contributed by atoms with Gasteiger partial charge in [-0.25, -0.2) is 13.6 Å². The Balaban J connectivity index is 1.72. The molecular weight excluding hydrogens is 410 g/mol. The van der Waals surface area contributed by atoms with Crippen LogP contribution in [0.1, 0.15) is 19.4 Å². The molecule has 0 aromatic heterocycles. The van der Waals surface area contributed by atoms with Crippen LogP contribution in [0.3, 0.4) is 0 Å². The zero-order valence-electron chi connectivity index (χ0n) is 17.2. The molecule has 0 spiro atoms. The quantitative estimate of drug-likeness (QED) is 0.656. The van der Waals surface area contributed by atoms with Crippen LogP contribution in [0.5, 0.6) is 5.75 Å². The van der Waals surface area contributed by atoms with Crippen LogP contribution in [0.25, 0.3) is 0 Å². The van der Waals surface area contributed by atoms with Crippen molar-refractivity contribution in [1.29, 1.82) is 0 Å². The molecule has 0 radical (unpaired) electrons. The molecule has 10 heteroatoms. The van der Waals surface area contributed by atoms with Gasteiger partial charge >= 0.3 is 6.03 Å². The molecule has 1 fully saturated rings. The number of hydrazine groups is 1. The summed E-state index contributed by atoms with van der Waals surface area (Å²) in [5.74, 6) is -2.78. The largest absolute Gasteiger partial charge is 0.497 e. The molecule has 4 amide bonds. The van der Waals surface area contributed by atoms with Crippen molar-refractivity contribution in [3.8, 4) is 5.75 Å². The average Bonchev–Trinajstić information content (AvgIpc) is 2.98. The fourth-order valence-electron chi connectivity index (χ4n) is 3.26. The van der Waals surface area contributed by atoms with Crippen LogP contribution in [0.4, 0.5) is 19.3 Å². The first-order valence-corrected chi connectivity index (χ1v) is 9.50. The maximum absolute atomic E-state index is 13.5. The van der Waals surface area contributed by atoms with E-state index in [1.807, 2.05) is 0 Å². The Hall–Kier alpha value is -3.69. The molecular formula is C21H22F2N4O4. The molecule has 2 N–H and O–H groups in total. The minimum Gasteiger partial charge on any atom is -0.497 e. The Morgan fingerprint density at radius 1 is 1.16 bits per heavy atom. The summed E-state index contributed by atoms with van der Waals surface area (Å²) in [7, 11) is 1.51. The van der Waals surface area contributed by atoms with E-state index in [1.54, 1.807) is 31.2 Å². The summed E-state index contributed by atoms with van der Waals surface area (Å²) in [5.41, 5.74) is 1.71. The van der Waals surface area contributed by atoms with Crippen LogP contribution >= 0.6 is 0 Å². The summed E-state index contributed by atoms with van der Waals surface area (Å²) < 4.78 is 31.8. The monoisotopic (exact) mass is 432 g/mol. The molecule has 1 aliphatic rings. The van der Waals surface area contributed by atoms with E-state index in [0.717, 1.165) is 12.1 Å². The molecule has 1 saturated heterocycles. The molecule has 2 aromatic rings. The fourth-order valence-corrected chi connectivity index (χ4v) is 3.26. The van der Waals surface area contributed by atoms with Gasteiger partial charge < -0.3 is 15.0 Å². The number of urea groups is 1. The zero-order chi connectivity index (χ0) is 22.8. The first-order valence-electron chi connectivity index (χ1n) is 9.50. The van der Waals surface area contributed by atoms with Gasteiger partial charge in [-0.05, 0) is 43.7 Å². The lowest BCUT2D eigenvalue weighted by Crippen LogP contribution is -2.50. The number of carbonyl (C=O) groups excluding carboxylic acids is 3. The van der Waals surface area contributed by atoms with Gasteiger partial charge in [0.2, 0.25) is 0 Å². The Bertz CT molecular complexity index is 1010. The van der Waals surface area contributed by atoms with Gasteiger partial charge in [0.15, 0.2) is 11.6 Å². The van der Waals surface area contributed by atoms with Crippen molar-refractivity contribution in [1.82, 2.24) is 15.8 Å². The maximum atomic E-state index is 13.5. The molecule has 0 saturated carbocycles. The van der Waals surface area contributed by atoms with Crippen molar-refractivity contribution in [3.63, 3.8) is 0 Å². The fraction of sp³-hybridized carbons (Fsp3) is 0.286. The van der Waals surface area contributed by atoms with Gasteiger partial charge in [0.1, 0.15) is 11.3 Å². The van der Waals surface area contributed by atoms with Gasteiger partial charge in [-0.2, -0.15) is 5.01 Å². The summed E-state index contributed by atoms with van der Waals surface area (Å²) in [4.78, 5) is 39.3. The van der Waals surface area contributed by atoms with Crippen molar-refractivity contribution in [2.45, 2.75) is 19.4 Å². The first-order chi connectivity index (χ1) is 14.7. The number of imide groups is 1. The number of methoxy groups -OCH3 is 1. The van der Waals surface area contributed by atoms with Gasteiger partial charge in [0.25, 0.3) is 11.8 Å². The number of amides is 4. The molecule has 31 heavy (non-hydrogen) atoms. The number of hydrogen-bond acceptors (Lipinski definition) is 5. The molecule has 1 heterocycles. The van der Waals surface area contributed by atoms with Gasteiger partial charge in [-0.3, -0.25) is 15.0 Å². The number of carbonyl (C=O) groups is 3. The van der Waals surface area contributed by atoms with Crippen molar-refractivity contribution in [2.24, 2.45) is 0 Å². The second-order valence-corrected chi connectivity index (χ2v) is 7.07. The van der Waals surface area contributed by atoms with Crippen molar-refractivity contribution < 1.29 is 27.9 Å². The molecule has 2 aromatic carbocycles. The average molecular weight is 432 g/mol. The third-order valence-corrected chi connectivity index (χ3v) is 5.08. The number of rotatable bonds is 7. The van der Waals surface area contributed by atoms with Crippen LogP contribution in [0.15, 0.2) is 42.5 Å². The highest BCUT2D eigenvalue weighted by molar-refractivity contribution is 6.08. The molecule has 3 rings (SSSR count). The second-order valence-electron chi connectivity index (χ2n) is 7.07. The third-order valence-electron chi connectivity index (χ3n) is 5.08. The summed E-state index contributed by atoms with van der Waals surface area (Å²) in [6, 6.07) is 9.08. The molecule has 1 atom stereocenters. The lowest BCUT2D eigenvalue weighted by Gasteiger charge is -2.25. The second kappa shape index (κ2) is 8.58. The lowest BCUT2D eigenvalue weighted by molar-refractivity contribution is -0.138. The molecule has 1 unspecified atom stereocenters. The van der Waals surface area contributed by atoms with E-state index in [9.17, 15) is 23.2 Å². The molecule has 164 valence electrons. The summed E-state index contributed by atoms with van der Waals surface area (Å²) in [6.45, 7) is 3.28. The Labute approximate surface area is 177 Å². The smallest absolute Gasteiger partial charge is 0.344 e. The number of likely N-dealkylation sites (N-methyl/N-ethyl adjacent to an activating group) is 1. The molecule has 8 nitrogen and oxygen atoms in total. The topological polar surface area (TPSA) is 91.0 Å². The van der Waals surface area contributed by atoms with E-state index in [2.05, 4.69) is 10.7 Å². The van der Waals surface area contributed by atoms with Crippen molar-refractivity contribution >= 4 is 23.5 Å². The molecule has 0 aliphatic carbocycles. The van der Waals surface area contributed by atoms with Crippen LogP contribution in [0.2, 0.25) is 0 Å². The molecule has 1 aliphatic heterocycles. The summed E-state index contributed by atoms with van der Waals surface area (Å²) in [5, 5.41) is 3.20. The van der Waals surface area contributed by atoms with Crippen LogP contribution in [0, 0.1) is 11.6 Å².